The molecule has 2 aromatic heterocycles. The molecule has 0 aliphatic rings. The Labute approximate surface area is 106 Å². The minimum absolute atomic E-state index is 0.321. The number of nitrogens with one attached hydrogen (secondary N) is 1. The second-order valence-electron chi connectivity index (χ2n) is 3.29. The number of rotatable bonds is 3. The van der Waals surface area contributed by atoms with Crippen molar-refractivity contribution in [3.63, 3.8) is 0 Å². The minimum Gasteiger partial charge on any atom is -0.354 e. The SMILES string of the molecule is Cc1ccc(C(C)Nc2nc(Br)cs2)s1. The van der Waals surface area contributed by atoms with Crippen molar-refractivity contribution in [3.8, 4) is 0 Å². The summed E-state index contributed by atoms with van der Waals surface area (Å²) in [6.07, 6.45) is 0. The van der Waals surface area contributed by atoms with Gasteiger partial charge in [-0.05, 0) is 41.9 Å². The van der Waals surface area contributed by atoms with Crippen LogP contribution in [0.2, 0.25) is 0 Å². The molecule has 2 aromatic rings. The van der Waals surface area contributed by atoms with Gasteiger partial charge in [-0.25, -0.2) is 4.98 Å². The number of hydrogen-bond acceptors (Lipinski definition) is 4. The molecule has 15 heavy (non-hydrogen) atoms. The summed E-state index contributed by atoms with van der Waals surface area (Å²) in [5.41, 5.74) is 0. The van der Waals surface area contributed by atoms with Crippen molar-refractivity contribution in [1.82, 2.24) is 4.98 Å². The summed E-state index contributed by atoms with van der Waals surface area (Å²) in [5, 5.41) is 6.32. The molecule has 0 aliphatic heterocycles. The van der Waals surface area contributed by atoms with Crippen LogP contribution in [-0.4, -0.2) is 4.98 Å². The van der Waals surface area contributed by atoms with Gasteiger partial charge in [0, 0.05) is 15.1 Å². The van der Waals surface area contributed by atoms with Gasteiger partial charge in [-0.1, -0.05) is 0 Å². The lowest BCUT2D eigenvalue weighted by Gasteiger charge is -2.10. The van der Waals surface area contributed by atoms with Crippen LogP contribution < -0.4 is 5.32 Å². The summed E-state index contributed by atoms with van der Waals surface area (Å²) in [6.45, 7) is 4.28. The van der Waals surface area contributed by atoms with Crippen molar-refractivity contribution in [1.29, 1.82) is 0 Å². The van der Waals surface area contributed by atoms with Crippen molar-refractivity contribution in [2.45, 2.75) is 19.9 Å². The Morgan fingerprint density at radius 3 is 2.80 bits per heavy atom. The van der Waals surface area contributed by atoms with E-state index in [1.165, 1.54) is 9.75 Å². The summed E-state index contributed by atoms with van der Waals surface area (Å²) in [7, 11) is 0. The lowest BCUT2D eigenvalue weighted by molar-refractivity contribution is 0.903. The van der Waals surface area contributed by atoms with Crippen molar-refractivity contribution in [3.05, 3.63) is 31.9 Å². The van der Waals surface area contributed by atoms with E-state index in [4.69, 9.17) is 0 Å². The third kappa shape index (κ3) is 2.80. The van der Waals surface area contributed by atoms with E-state index >= 15 is 0 Å². The third-order valence-electron chi connectivity index (χ3n) is 2.00. The van der Waals surface area contributed by atoms with Gasteiger partial charge in [0.05, 0.1) is 6.04 Å². The van der Waals surface area contributed by atoms with E-state index in [1.54, 1.807) is 11.3 Å². The van der Waals surface area contributed by atoms with Crippen molar-refractivity contribution < 1.29 is 0 Å². The Bertz CT molecular complexity index is 450. The first-order chi connectivity index (χ1) is 7.15. The van der Waals surface area contributed by atoms with Gasteiger partial charge >= 0.3 is 0 Å². The molecule has 2 nitrogen and oxygen atoms in total. The lowest BCUT2D eigenvalue weighted by Crippen LogP contribution is -2.04. The number of hydrogen-bond donors (Lipinski definition) is 1. The van der Waals surface area contributed by atoms with Gasteiger partial charge in [-0.15, -0.1) is 22.7 Å². The number of thiophene rings is 1. The fourth-order valence-electron chi connectivity index (χ4n) is 1.26. The molecule has 5 heteroatoms. The number of aromatic nitrogens is 1. The molecule has 0 radical (unpaired) electrons. The van der Waals surface area contributed by atoms with E-state index < -0.39 is 0 Å². The van der Waals surface area contributed by atoms with Gasteiger partial charge in [-0.2, -0.15) is 0 Å². The fourth-order valence-corrected chi connectivity index (χ4v) is 3.38. The van der Waals surface area contributed by atoms with Gasteiger partial charge < -0.3 is 5.32 Å². The van der Waals surface area contributed by atoms with Gasteiger partial charge in [-0.3, -0.25) is 0 Å². The van der Waals surface area contributed by atoms with Crippen molar-refractivity contribution in [2.75, 3.05) is 5.32 Å². The largest absolute Gasteiger partial charge is 0.354 e. The first-order valence-corrected chi connectivity index (χ1v) is 7.08. The highest BCUT2D eigenvalue weighted by molar-refractivity contribution is 9.10. The van der Waals surface area contributed by atoms with Gasteiger partial charge in [0.15, 0.2) is 5.13 Å². The predicted octanol–water partition coefficient (Wildman–Crippen LogP) is 4.45. The molecule has 0 bridgehead atoms. The maximum atomic E-state index is 4.31. The van der Waals surface area contributed by atoms with Crippen LogP contribution in [0.15, 0.2) is 22.1 Å². The second kappa shape index (κ2) is 4.63. The number of anilines is 1. The number of nitrogens with zero attached hydrogens (tertiary/aromatic N) is 1. The molecule has 80 valence electrons. The molecule has 0 saturated heterocycles. The summed E-state index contributed by atoms with van der Waals surface area (Å²) in [4.78, 5) is 7.00. The molecule has 0 saturated carbocycles. The topological polar surface area (TPSA) is 24.9 Å². The molecule has 0 fully saturated rings. The van der Waals surface area contributed by atoms with E-state index in [9.17, 15) is 0 Å². The highest BCUT2D eigenvalue weighted by Gasteiger charge is 2.09. The number of thiazole rings is 1. The first kappa shape index (κ1) is 11.1. The average molecular weight is 303 g/mol. The monoisotopic (exact) mass is 302 g/mol. The number of halogens is 1. The second-order valence-corrected chi connectivity index (χ2v) is 6.28. The van der Waals surface area contributed by atoms with Crippen LogP contribution in [0.4, 0.5) is 5.13 Å². The smallest absolute Gasteiger partial charge is 0.184 e. The van der Waals surface area contributed by atoms with Crippen molar-refractivity contribution in [2.24, 2.45) is 0 Å². The molecule has 2 heterocycles. The quantitative estimate of drug-likeness (QED) is 0.906. The lowest BCUT2D eigenvalue weighted by atomic mass is 10.3. The minimum atomic E-state index is 0.321. The van der Waals surface area contributed by atoms with Gasteiger partial charge in [0.25, 0.3) is 0 Å². The summed E-state index contributed by atoms with van der Waals surface area (Å²) >= 11 is 6.78. The van der Waals surface area contributed by atoms with Crippen LogP contribution in [0.1, 0.15) is 22.7 Å². The first-order valence-electron chi connectivity index (χ1n) is 4.59. The normalized spacial score (nSPS) is 12.7. The van der Waals surface area contributed by atoms with E-state index in [1.807, 2.05) is 16.7 Å². The highest BCUT2D eigenvalue weighted by atomic mass is 79.9. The molecular weight excluding hydrogens is 292 g/mol. The van der Waals surface area contributed by atoms with Crippen molar-refractivity contribution >= 4 is 43.7 Å². The zero-order valence-corrected chi connectivity index (χ0v) is 11.7. The van der Waals surface area contributed by atoms with Crippen LogP contribution in [0.25, 0.3) is 0 Å². The zero-order chi connectivity index (χ0) is 10.8. The van der Waals surface area contributed by atoms with E-state index in [2.05, 4.69) is 52.2 Å². The standard InChI is InChI=1S/C10H11BrN2S2/c1-6-3-4-8(15-6)7(2)12-10-13-9(11)5-14-10/h3-5,7H,1-2H3,(H,12,13). The maximum Gasteiger partial charge on any atom is 0.184 e. The van der Waals surface area contributed by atoms with Crippen LogP contribution in [0.5, 0.6) is 0 Å². The summed E-state index contributed by atoms with van der Waals surface area (Å²) in [5.74, 6) is 0. The molecule has 0 amide bonds. The van der Waals surface area contributed by atoms with Crippen LogP contribution in [0, 0.1) is 6.92 Å². The Hall–Kier alpha value is -0.390. The molecule has 1 atom stereocenters. The van der Waals surface area contributed by atoms with Gasteiger partial charge in [0.2, 0.25) is 0 Å². The van der Waals surface area contributed by atoms with Crippen LogP contribution in [0.3, 0.4) is 0 Å². The Kier molecular flexibility index (Phi) is 3.43. The molecule has 0 aromatic carbocycles. The Morgan fingerprint density at radius 2 is 2.27 bits per heavy atom. The zero-order valence-electron chi connectivity index (χ0n) is 8.45. The molecule has 1 unspecified atom stereocenters. The fraction of sp³-hybridized carbons (Fsp3) is 0.300. The van der Waals surface area contributed by atoms with Crippen LogP contribution >= 0.6 is 38.6 Å². The van der Waals surface area contributed by atoms with E-state index in [-0.39, 0.29) is 0 Å². The summed E-state index contributed by atoms with van der Waals surface area (Å²) in [6, 6.07) is 4.64. The predicted molar refractivity (Wildman–Crippen MR) is 70.9 cm³/mol. The van der Waals surface area contributed by atoms with Crippen LogP contribution in [-0.2, 0) is 0 Å². The highest BCUT2D eigenvalue weighted by Crippen LogP contribution is 2.28. The summed E-state index contributed by atoms with van der Waals surface area (Å²) < 4.78 is 0.893. The van der Waals surface area contributed by atoms with E-state index in [0.29, 0.717) is 6.04 Å². The molecular formula is C10H11BrN2S2. The number of aryl methyl sites for hydroxylation is 1. The van der Waals surface area contributed by atoms with Gasteiger partial charge in [0.1, 0.15) is 4.60 Å². The molecule has 0 aliphatic carbocycles. The Morgan fingerprint density at radius 1 is 1.47 bits per heavy atom. The average Bonchev–Trinajstić information content (AvgIpc) is 2.75. The third-order valence-corrected chi connectivity index (χ3v) is 4.67. The molecule has 1 N–H and O–H groups in total. The molecule has 2 rings (SSSR count). The maximum absolute atomic E-state index is 4.31. The Balaban J connectivity index is 2.06. The van der Waals surface area contributed by atoms with E-state index in [0.717, 1.165) is 9.73 Å². The molecule has 0 spiro atoms.